The standard InChI is InChI=1S/C26H23FN2O3/c1-16(2)11-12-32-20-7-3-17(4-8-20)18-5-9-24(28-15-18)25-14-22(26(30)31)21-13-19(27)6-10-23(21)29-25/h3-10,13-16H,11-12H2,1-2H3,(H,30,31). The molecular formula is C26H23FN2O3. The minimum absolute atomic E-state index is 0.0107. The van der Waals surface area contributed by atoms with Crippen molar-refractivity contribution < 1.29 is 19.0 Å². The quantitative estimate of drug-likeness (QED) is 0.376. The Kier molecular flexibility index (Phi) is 6.12. The van der Waals surface area contributed by atoms with Crippen LogP contribution in [-0.2, 0) is 0 Å². The summed E-state index contributed by atoms with van der Waals surface area (Å²) in [5.41, 5.74) is 3.26. The van der Waals surface area contributed by atoms with Crippen LogP contribution < -0.4 is 4.74 Å². The topological polar surface area (TPSA) is 72.3 Å². The highest BCUT2D eigenvalue weighted by Crippen LogP contribution is 2.27. The predicted octanol–water partition coefficient (Wildman–Crippen LogP) is 6.23. The van der Waals surface area contributed by atoms with Crippen molar-refractivity contribution in [3.05, 3.63) is 78.2 Å². The number of aromatic nitrogens is 2. The van der Waals surface area contributed by atoms with Gasteiger partial charge in [0.2, 0.25) is 0 Å². The molecule has 4 rings (SSSR count). The second-order valence-electron chi connectivity index (χ2n) is 8.01. The molecule has 0 aliphatic rings. The van der Waals surface area contributed by atoms with E-state index in [2.05, 4.69) is 23.8 Å². The Balaban J connectivity index is 1.58. The van der Waals surface area contributed by atoms with Crippen molar-refractivity contribution in [1.29, 1.82) is 0 Å². The van der Waals surface area contributed by atoms with E-state index in [1.165, 1.54) is 24.3 Å². The first kappa shape index (κ1) is 21.4. The lowest BCUT2D eigenvalue weighted by molar-refractivity contribution is 0.0699. The average Bonchev–Trinajstić information content (AvgIpc) is 2.78. The number of aromatic carboxylic acids is 1. The van der Waals surface area contributed by atoms with E-state index in [1.807, 2.05) is 30.3 Å². The van der Waals surface area contributed by atoms with E-state index in [0.29, 0.717) is 29.4 Å². The fourth-order valence-electron chi connectivity index (χ4n) is 3.38. The van der Waals surface area contributed by atoms with Gasteiger partial charge in [-0.2, -0.15) is 0 Å². The van der Waals surface area contributed by atoms with Crippen LogP contribution in [-0.4, -0.2) is 27.7 Å². The highest BCUT2D eigenvalue weighted by Gasteiger charge is 2.14. The molecule has 6 heteroatoms. The van der Waals surface area contributed by atoms with Gasteiger partial charge in [0.1, 0.15) is 11.6 Å². The van der Waals surface area contributed by atoms with E-state index in [0.717, 1.165) is 23.3 Å². The molecule has 0 saturated carbocycles. The summed E-state index contributed by atoms with van der Waals surface area (Å²) in [5.74, 6) is -0.217. The van der Waals surface area contributed by atoms with Gasteiger partial charge in [-0.05, 0) is 60.4 Å². The lowest BCUT2D eigenvalue weighted by Gasteiger charge is -2.09. The number of carboxylic acids is 1. The molecule has 2 heterocycles. The molecule has 2 aromatic heterocycles. The first-order valence-corrected chi connectivity index (χ1v) is 10.4. The number of ether oxygens (including phenoxy) is 1. The molecule has 0 atom stereocenters. The number of hydrogen-bond donors (Lipinski definition) is 1. The van der Waals surface area contributed by atoms with Gasteiger partial charge in [-0.1, -0.05) is 32.0 Å². The lowest BCUT2D eigenvalue weighted by atomic mass is 10.0. The summed E-state index contributed by atoms with van der Waals surface area (Å²) in [6.45, 7) is 5.02. The highest BCUT2D eigenvalue weighted by atomic mass is 19.1. The smallest absolute Gasteiger partial charge is 0.336 e. The van der Waals surface area contributed by atoms with Crippen molar-refractivity contribution in [1.82, 2.24) is 9.97 Å². The molecule has 5 nitrogen and oxygen atoms in total. The van der Waals surface area contributed by atoms with Crippen molar-refractivity contribution in [2.45, 2.75) is 20.3 Å². The van der Waals surface area contributed by atoms with Gasteiger partial charge in [-0.3, -0.25) is 4.98 Å². The summed E-state index contributed by atoms with van der Waals surface area (Å²) in [7, 11) is 0. The first-order chi connectivity index (χ1) is 15.4. The number of benzene rings is 2. The number of nitrogens with zero attached hydrogens (tertiary/aromatic N) is 2. The number of carboxylic acid groups (broad SMARTS) is 1. The second-order valence-corrected chi connectivity index (χ2v) is 8.01. The molecule has 0 spiro atoms. The van der Waals surface area contributed by atoms with Crippen molar-refractivity contribution in [2.75, 3.05) is 6.61 Å². The highest BCUT2D eigenvalue weighted by molar-refractivity contribution is 6.03. The largest absolute Gasteiger partial charge is 0.494 e. The molecule has 0 saturated heterocycles. The first-order valence-electron chi connectivity index (χ1n) is 10.4. The van der Waals surface area contributed by atoms with Crippen LogP contribution in [0.25, 0.3) is 33.4 Å². The molecule has 0 unspecified atom stereocenters. The Morgan fingerprint density at radius 2 is 1.75 bits per heavy atom. The van der Waals surface area contributed by atoms with Crippen molar-refractivity contribution in [2.24, 2.45) is 5.92 Å². The molecule has 162 valence electrons. The maximum absolute atomic E-state index is 13.6. The Hall–Kier alpha value is -3.80. The number of carbonyl (C=O) groups is 1. The number of rotatable bonds is 7. The van der Waals surface area contributed by atoms with E-state index in [-0.39, 0.29) is 10.9 Å². The van der Waals surface area contributed by atoms with Gasteiger partial charge < -0.3 is 9.84 Å². The zero-order chi connectivity index (χ0) is 22.7. The van der Waals surface area contributed by atoms with Crippen LogP contribution >= 0.6 is 0 Å². The minimum atomic E-state index is -1.14. The molecule has 1 N–H and O–H groups in total. The van der Waals surface area contributed by atoms with E-state index in [1.54, 1.807) is 12.3 Å². The number of halogens is 1. The van der Waals surface area contributed by atoms with Gasteiger partial charge in [-0.25, -0.2) is 14.2 Å². The molecule has 0 aliphatic carbocycles. The lowest BCUT2D eigenvalue weighted by Crippen LogP contribution is -2.01. The van der Waals surface area contributed by atoms with Crippen molar-refractivity contribution in [3.63, 3.8) is 0 Å². The minimum Gasteiger partial charge on any atom is -0.494 e. The van der Waals surface area contributed by atoms with Crippen LogP contribution in [0.15, 0.2) is 66.9 Å². The predicted molar refractivity (Wildman–Crippen MR) is 122 cm³/mol. The Morgan fingerprint density at radius 3 is 2.41 bits per heavy atom. The monoisotopic (exact) mass is 430 g/mol. The molecule has 0 radical (unpaired) electrons. The van der Waals surface area contributed by atoms with E-state index < -0.39 is 11.8 Å². The molecule has 0 amide bonds. The fraction of sp³-hybridized carbons (Fsp3) is 0.192. The Labute approximate surface area is 185 Å². The molecular weight excluding hydrogens is 407 g/mol. The molecule has 0 bridgehead atoms. The summed E-state index contributed by atoms with van der Waals surface area (Å²) in [6, 6.07) is 16.9. The third kappa shape index (κ3) is 4.75. The molecule has 0 fully saturated rings. The molecule has 4 aromatic rings. The van der Waals surface area contributed by atoms with Crippen LogP contribution in [0.4, 0.5) is 4.39 Å². The van der Waals surface area contributed by atoms with Gasteiger partial charge in [0, 0.05) is 17.1 Å². The van der Waals surface area contributed by atoms with Gasteiger partial charge in [0.25, 0.3) is 0 Å². The Bertz CT molecular complexity index is 1250. The van der Waals surface area contributed by atoms with Crippen LogP contribution in [0, 0.1) is 11.7 Å². The van der Waals surface area contributed by atoms with Crippen molar-refractivity contribution in [3.8, 4) is 28.3 Å². The number of fused-ring (bicyclic) bond motifs is 1. The molecule has 0 aliphatic heterocycles. The third-order valence-corrected chi connectivity index (χ3v) is 5.18. The van der Waals surface area contributed by atoms with E-state index in [4.69, 9.17) is 4.74 Å². The van der Waals surface area contributed by atoms with Gasteiger partial charge >= 0.3 is 5.97 Å². The van der Waals surface area contributed by atoms with Gasteiger partial charge in [0.05, 0.1) is 29.1 Å². The molecule has 32 heavy (non-hydrogen) atoms. The number of pyridine rings is 2. The number of hydrogen-bond acceptors (Lipinski definition) is 4. The summed E-state index contributed by atoms with van der Waals surface area (Å²) >= 11 is 0. The summed E-state index contributed by atoms with van der Waals surface area (Å²) < 4.78 is 19.3. The maximum Gasteiger partial charge on any atom is 0.336 e. The van der Waals surface area contributed by atoms with Gasteiger partial charge in [-0.15, -0.1) is 0 Å². The Morgan fingerprint density at radius 1 is 1.00 bits per heavy atom. The zero-order valence-corrected chi connectivity index (χ0v) is 17.9. The van der Waals surface area contributed by atoms with Crippen molar-refractivity contribution >= 4 is 16.9 Å². The summed E-state index contributed by atoms with van der Waals surface area (Å²) in [5, 5.41) is 9.82. The average molecular weight is 430 g/mol. The van der Waals surface area contributed by atoms with Crippen LogP contribution in [0.2, 0.25) is 0 Å². The normalized spacial score (nSPS) is 11.1. The SMILES string of the molecule is CC(C)CCOc1ccc(-c2ccc(-c3cc(C(=O)O)c4cc(F)ccc4n3)nc2)cc1. The maximum atomic E-state index is 13.6. The summed E-state index contributed by atoms with van der Waals surface area (Å²) in [6.07, 6.45) is 2.73. The van der Waals surface area contributed by atoms with Crippen LogP contribution in [0.1, 0.15) is 30.6 Å². The fourth-order valence-corrected chi connectivity index (χ4v) is 3.38. The van der Waals surface area contributed by atoms with E-state index >= 15 is 0 Å². The van der Waals surface area contributed by atoms with Crippen LogP contribution in [0.5, 0.6) is 5.75 Å². The molecule has 2 aromatic carbocycles. The van der Waals surface area contributed by atoms with E-state index in [9.17, 15) is 14.3 Å². The van der Waals surface area contributed by atoms with Crippen LogP contribution in [0.3, 0.4) is 0 Å². The zero-order valence-electron chi connectivity index (χ0n) is 17.9. The summed E-state index contributed by atoms with van der Waals surface area (Å²) in [4.78, 5) is 20.7. The van der Waals surface area contributed by atoms with Gasteiger partial charge in [0.15, 0.2) is 0 Å². The third-order valence-electron chi connectivity index (χ3n) is 5.18. The second kappa shape index (κ2) is 9.14.